The highest BCUT2D eigenvalue weighted by Gasteiger charge is 2.28. The third-order valence-electron chi connectivity index (χ3n) is 4.56. The minimum Gasteiger partial charge on any atom is -0.496 e. The van der Waals surface area contributed by atoms with E-state index in [0.717, 1.165) is 31.7 Å². The summed E-state index contributed by atoms with van der Waals surface area (Å²) in [7, 11) is 1.75. The van der Waals surface area contributed by atoms with E-state index in [1.54, 1.807) is 7.11 Å². The topological polar surface area (TPSA) is 30.9 Å². The van der Waals surface area contributed by atoms with Crippen LogP contribution in [0.5, 0.6) is 5.75 Å². The third-order valence-corrected chi connectivity index (χ3v) is 4.56. The molecule has 2 aliphatic rings. The van der Waals surface area contributed by atoms with Gasteiger partial charge in [0, 0.05) is 12.6 Å². The molecule has 3 rings (SSSR count). The lowest BCUT2D eigenvalue weighted by molar-refractivity contribution is -0.145. The summed E-state index contributed by atoms with van der Waals surface area (Å²) >= 11 is 0. The van der Waals surface area contributed by atoms with E-state index in [2.05, 4.69) is 23.1 Å². The van der Waals surface area contributed by atoms with Crippen LogP contribution in [0.25, 0.3) is 0 Å². The molecule has 0 amide bonds. The first-order valence-electron chi connectivity index (χ1n) is 7.92. The van der Waals surface area contributed by atoms with Gasteiger partial charge in [-0.05, 0) is 43.9 Å². The summed E-state index contributed by atoms with van der Waals surface area (Å²) in [5.41, 5.74) is 1.31. The van der Waals surface area contributed by atoms with Crippen molar-refractivity contribution in [1.82, 2.24) is 4.90 Å². The van der Waals surface area contributed by atoms with Gasteiger partial charge in [0.25, 0.3) is 0 Å². The predicted molar refractivity (Wildman–Crippen MR) is 81.6 cm³/mol. The lowest BCUT2D eigenvalue weighted by atomic mass is 10.0. The predicted octanol–water partition coefficient (Wildman–Crippen LogP) is 2.47. The van der Waals surface area contributed by atoms with Crippen molar-refractivity contribution >= 4 is 0 Å². The van der Waals surface area contributed by atoms with Gasteiger partial charge >= 0.3 is 0 Å². The SMILES string of the molecule is COc1ccccc1C[C@H]1CCCN1C[C@H]1CCOCO1. The molecule has 0 bridgehead atoms. The molecule has 2 fully saturated rings. The second-order valence-corrected chi connectivity index (χ2v) is 5.91. The molecule has 1 aromatic rings. The quantitative estimate of drug-likeness (QED) is 0.834. The lowest BCUT2D eigenvalue weighted by Crippen LogP contribution is -2.40. The van der Waals surface area contributed by atoms with Crippen LogP contribution >= 0.6 is 0 Å². The summed E-state index contributed by atoms with van der Waals surface area (Å²) in [6.45, 7) is 3.50. The van der Waals surface area contributed by atoms with Crippen LogP contribution in [0.3, 0.4) is 0 Å². The first-order valence-corrected chi connectivity index (χ1v) is 7.92. The van der Waals surface area contributed by atoms with E-state index in [-0.39, 0.29) is 0 Å². The minimum atomic E-state index is 0.331. The Balaban J connectivity index is 1.61. The molecule has 0 aromatic heterocycles. The molecule has 4 heteroatoms. The first kappa shape index (κ1) is 14.8. The Bertz CT molecular complexity index is 445. The number of rotatable bonds is 5. The molecule has 2 heterocycles. The maximum absolute atomic E-state index is 5.69. The molecule has 0 unspecified atom stereocenters. The van der Waals surface area contributed by atoms with E-state index in [1.165, 1.54) is 24.9 Å². The van der Waals surface area contributed by atoms with Crippen molar-refractivity contribution in [3.63, 3.8) is 0 Å². The molecule has 2 aliphatic heterocycles. The Hall–Kier alpha value is -1.10. The fourth-order valence-corrected chi connectivity index (χ4v) is 3.40. The number of para-hydroxylation sites is 1. The van der Waals surface area contributed by atoms with E-state index >= 15 is 0 Å². The van der Waals surface area contributed by atoms with Crippen LogP contribution in [-0.4, -0.2) is 50.6 Å². The van der Waals surface area contributed by atoms with Gasteiger partial charge in [-0.3, -0.25) is 4.90 Å². The molecule has 0 spiro atoms. The van der Waals surface area contributed by atoms with Gasteiger partial charge in [-0.2, -0.15) is 0 Å². The molecule has 0 radical (unpaired) electrons. The van der Waals surface area contributed by atoms with Gasteiger partial charge in [-0.1, -0.05) is 18.2 Å². The Kier molecular flexibility index (Phi) is 5.12. The number of hydrogen-bond donors (Lipinski definition) is 0. The second-order valence-electron chi connectivity index (χ2n) is 5.91. The van der Waals surface area contributed by atoms with Crippen LogP contribution in [0.1, 0.15) is 24.8 Å². The van der Waals surface area contributed by atoms with Crippen molar-refractivity contribution in [2.45, 2.75) is 37.8 Å². The Morgan fingerprint density at radius 1 is 1.29 bits per heavy atom. The number of likely N-dealkylation sites (tertiary alicyclic amines) is 1. The van der Waals surface area contributed by atoms with Crippen LogP contribution < -0.4 is 4.74 Å². The molecular formula is C17H25NO3. The lowest BCUT2D eigenvalue weighted by Gasteiger charge is -2.31. The van der Waals surface area contributed by atoms with Gasteiger partial charge in [0.15, 0.2) is 0 Å². The van der Waals surface area contributed by atoms with Gasteiger partial charge in [-0.15, -0.1) is 0 Å². The molecule has 0 saturated carbocycles. The Morgan fingerprint density at radius 3 is 3.00 bits per heavy atom. The van der Waals surface area contributed by atoms with Gasteiger partial charge < -0.3 is 14.2 Å². The van der Waals surface area contributed by atoms with Gasteiger partial charge in [0.05, 0.1) is 19.8 Å². The van der Waals surface area contributed by atoms with Crippen molar-refractivity contribution in [1.29, 1.82) is 0 Å². The zero-order valence-corrected chi connectivity index (χ0v) is 12.8. The number of benzene rings is 1. The van der Waals surface area contributed by atoms with Crippen LogP contribution in [0.15, 0.2) is 24.3 Å². The molecule has 2 atom stereocenters. The summed E-state index contributed by atoms with van der Waals surface area (Å²) < 4.78 is 16.4. The maximum Gasteiger partial charge on any atom is 0.147 e. The van der Waals surface area contributed by atoms with Crippen molar-refractivity contribution < 1.29 is 14.2 Å². The van der Waals surface area contributed by atoms with E-state index in [1.807, 2.05) is 6.07 Å². The smallest absolute Gasteiger partial charge is 0.147 e. The molecule has 1 aromatic carbocycles. The van der Waals surface area contributed by atoms with Crippen LogP contribution in [0, 0.1) is 0 Å². The molecule has 21 heavy (non-hydrogen) atoms. The highest BCUT2D eigenvalue weighted by molar-refractivity contribution is 5.34. The molecule has 0 N–H and O–H groups in total. The fourth-order valence-electron chi connectivity index (χ4n) is 3.40. The third kappa shape index (κ3) is 3.76. The van der Waals surface area contributed by atoms with Crippen molar-refractivity contribution in [3.05, 3.63) is 29.8 Å². The molecule has 2 saturated heterocycles. The number of hydrogen-bond acceptors (Lipinski definition) is 4. The molecule has 0 aliphatic carbocycles. The highest BCUT2D eigenvalue weighted by atomic mass is 16.7. The molecular weight excluding hydrogens is 266 g/mol. The van der Waals surface area contributed by atoms with Crippen molar-refractivity contribution in [2.24, 2.45) is 0 Å². The number of methoxy groups -OCH3 is 1. The zero-order chi connectivity index (χ0) is 14.5. The average molecular weight is 291 g/mol. The van der Waals surface area contributed by atoms with Gasteiger partial charge in [0.1, 0.15) is 12.5 Å². The van der Waals surface area contributed by atoms with Gasteiger partial charge in [0.2, 0.25) is 0 Å². The minimum absolute atomic E-state index is 0.331. The van der Waals surface area contributed by atoms with Crippen LogP contribution in [0.4, 0.5) is 0 Å². The standard InChI is InChI=1S/C17H25NO3/c1-19-17-7-3-2-5-14(17)11-15-6-4-9-18(15)12-16-8-10-20-13-21-16/h2-3,5,7,15-16H,4,6,8-13H2,1H3/t15-,16-/m1/s1. The molecule has 116 valence electrons. The van der Waals surface area contributed by atoms with E-state index in [4.69, 9.17) is 14.2 Å². The summed E-state index contributed by atoms with van der Waals surface area (Å²) in [5.74, 6) is 1.01. The highest BCUT2D eigenvalue weighted by Crippen LogP contribution is 2.26. The largest absolute Gasteiger partial charge is 0.496 e. The average Bonchev–Trinajstić information content (AvgIpc) is 2.96. The fraction of sp³-hybridized carbons (Fsp3) is 0.647. The van der Waals surface area contributed by atoms with E-state index < -0.39 is 0 Å². The monoisotopic (exact) mass is 291 g/mol. The summed E-state index contributed by atoms with van der Waals surface area (Å²) in [4.78, 5) is 2.59. The Morgan fingerprint density at radius 2 is 2.19 bits per heavy atom. The normalized spacial score (nSPS) is 26.9. The zero-order valence-electron chi connectivity index (χ0n) is 12.8. The van der Waals surface area contributed by atoms with Crippen molar-refractivity contribution in [3.8, 4) is 5.75 Å². The van der Waals surface area contributed by atoms with Crippen LogP contribution in [0.2, 0.25) is 0 Å². The van der Waals surface area contributed by atoms with E-state index in [9.17, 15) is 0 Å². The summed E-state index contributed by atoms with van der Waals surface area (Å²) in [6, 6.07) is 8.97. The number of nitrogens with zero attached hydrogens (tertiary/aromatic N) is 1. The van der Waals surface area contributed by atoms with E-state index in [0.29, 0.717) is 18.9 Å². The Labute approximate surface area is 127 Å². The molecule has 4 nitrogen and oxygen atoms in total. The summed E-state index contributed by atoms with van der Waals surface area (Å²) in [5, 5.41) is 0. The second kappa shape index (κ2) is 7.25. The van der Waals surface area contributed by atoms with Crippen LogP contribution in [-0.2, 0) is 15.9 Å². The first-order chi connectivity index (χ1) is 10.4. The maximum atomic E-state index is 5.69. The van der Waals surface area contributed by atoms with Gasteiger partial charge in [-0.25, -0.2) is 0 Å². The van der Waals surface area contributed by atoms with Crippen molar-refractivity contribution in [2.75, 3.05) is 33.6 Å². The summed E-state index contributed by atoms with van der Waals surface area (Å²) in [6.07, 6.45) is 4.95. The number of ether oxygens (including phenoxy) is 3.